The second-order valence-electron chi connectivity index (χ2n) is 10.8. The predicted molar refractivity (Wildman–Crippen MR) is 152 cm³/mol. The molecule has 1 aliphatic carbocycles. The van der Waals surface area contributed by atoms with Crippen molar-refractivity contribution in [3.05, 3.63) is 23.2 Å². The molecule has 7 rings (SSSR count). The molecule has 0 spiro atoms. The molecule has 2 atom stereocenters. The van der Waals surface area contributed by atoms with Crippen molar-refractivity contribution in [2.75, 3.05) is 23.8 Å². The summed E-state index contributed by atoms with van der Waals surface area (Å²) in [6, 6.07) is 0.472. The van der Waals surface area contributed by atoms with Gasteiger partial charge in [0.25, 0.3) is 0 Å². The van der Waals surface area contributed by atoms with E-state index in [-0.39, 0.29) is 35.1 Å². The standard InChI is InChI=1S/C26H32Cl2N10O2/c27-25-33-21(19-23(35-25)37(13-29-19)17-5-1-3-11-39-17)31-15-7-9-16(10-8-15)32-22-20-24(36-26(28)34-22)38(14-30-20)18-6-2-4-12-40-18/h13-18H,1-12H2,(H,31,33,35)(H,32,34,36). The highest BCUT2D eigenvalue weighted by Gasteiger charge is 2.27. The molecule has 2 unspecified atom stereocenters. The molecule has 40 heavy (non-hydrogen) atoms. The van der Waals surface area contributed by atoms with Crippen LogP contribution in [-0.4, -0.2) is 64.3 Å². The van der Waals surface area contributed by atoms with Gasteiger partial charge in [-0.15, -0.1) is 0 Å². The smallest absolute Gasteiger partial charge is 0.226 e. The molecule has 6 heterocycles. The van der Waals surface area contributed by atoms with Crippen LogP contribution in [0.4, 0.5) is 11.6 Å². The maximum absolute atomic E-state index is 6.34. The van der Waals surface area contributed by atoms with E-state index in [0.29, 0.717) is 22.9 Å². The Bertz CT molecular complexity index is 1380. The number of hydrogen-bond donors (Lipinski definition) is 2. The average Bonchev–Trinajstić information content (AvgIpc) is 3.60. The lowest BCUT2D eigenvalue weighted by molar-refractivity contribution is -0.0299. The molecule has 4 aromatic heterocycles. The van der Waals surface area contributed by atoms with Gasteiger partial charge in [-0.3, -0.25) is 9.13 Å². The quantitative estimate of drug-likeness (QED) is 0.279. The SMILES string of the molecule is Clc1nc(NC2CCC(Nc3nc(Cl)nc4c3ncn4C3CCCCO3)CC2)c2ncn(C3CCCCO3)c2n1. The van der Waals surface area contributed by atoms with Crippen molar-refractivity contribution >= 4 is 57.2 Å². The first-order valence-electron chi connectivity index (χ1n) is 14.2. The number of hydrogen-bond acceptors (Lipinski definition) is 10. The Labute approximate surface area is 241 Å². The molecule has 0 amide bonds. The first-order valence-corrected chi connectivity index (χ1v) is 14.9. The maximum Gasteiger partial charge on any atom is 0.226 e. The highest BCUT2D eigenvalue weighted by molar-refractivity contribution is 6.29. The van der Waals surface area contributed by atoms with E-state index in [2.05, 4.69) is 40.5 Å². The molecule has 0 radical (unpaired) electrons. The highest BCUT2D eigenvalue weighted by atomic mass is 35.5. The normalized spacial score (nSPS) is 25.9. The summed E-state index contributed by atoms with van der Waals surface area (Å²) in [5, 5.41) is 7.57. The molecule has 4 aromatic rings. The third kappa shape index (κ3) is 5.17. The van der Waals surface area contributed by atoms with Crippen LogP contribution in [0.15, 0.2) is 12.7 Å². The molecule has 2 N–H and O–H groups in total. The molecule has 12 nitrogen and oxygen atoms in total. The van der Waals surface area contributed by atoms with E-state index >= 15 is 0 Å². The summed E-state index contributed by atoms with van der Waals surface area (Å²) in [6.45, 7) is 1.49. The van der Waals surface area contributed by atoms with Gasteiger partial charge in [0.2, 0.25) is 10.6 Å². The van der Waals surface area contributed by atoms with Gasteiger partial charge in [0.15, 0.2) is 34.0 Å². The minimum absolute atomic E-state index is 0.0672. The van der Waals surface area contributed by atoms with Gasteiger partial charge in [-0.25, -0.2) is 9.97 Å². The van der Waals surface area contributed by atoms with Crippen molar-refractivity contribution in [2.45, 2.75) is 88.7 Å². The Hall–Kier alpha value is -2.80. The van der Waals surface area contributed by atoms with Crippen LogP contribution in [0.2, 0.25) is 10.6 Å². The lowest BCUT2D eigenvalue weighted by Gasteiger charge is -2.30. The van der Waals surface area contributed by atoms with Gasteiger partial charge in [0, 0.05) is 25.3 Å². The average molecular weight is 588 g/mol. The van der Waals surface area contributed by atoms with Gasteiger partial charge in [-0.05, 0) is 87.4 Å². The number of fused-ring (bicyclic) bond motifs is 2. The minimum Gasteiger partial charge on any atom is -0.365 e. The molecule has 2 saturated heterocycles. The van der Waals surface area contributed by atoms with Crippen molar-refractivity contribution in [3.8, 4) is 0 Å². The van der Waals surface area contributed by atoms with Crippen LogP contribution in [0.5, 0.6) is 0 Å². The zero-order chi connectivity index (χ0) is 27.1. The fourth-order valence-electron chi connectivity index (χ4n) is 6.06. The summed E-state index contributed by atoms with van der Waals surface area (Å²) in [4.78, 5) is 27.2. The summed E-state index contributed by atoms with van der Waals surface area (Å²) in [5.74, 6) is 1.33. The second-order valence-corrected chi connectivity index (χ2v) is 11.5. The molecule has 2 aliphatic heterocycles. The fourth-order valence-corrected chi connectivity index (χ4v) is 6.39. The number of rotatable bonds is 6. The van der Waals surface area contributed by atoms with Gasteiger partial charge in [-0.2, -0.15) is 19.9 Å². The summed E-state index contributed by atoms with van der Waals surface area (Å²) in [5.41, 5.74) is 2.84. The summed E-state index contributed by atoms with van der Waals surface area (Å²) < 4.78 is 15.9. The van der Waals surface area contributed by atoms with Crippen LogP contribution in [0.1, 0.15) is 76.7 Å². The third-order valence-electron chi connectivity index (χ3n) is 8.13. The van der Waals surface area contributed by atoms with E-state index in [0.717, 1.165) is 88.5 Å². The maximum atomic E-state index is 6.34. The topological polar surface area (TPSA) is 130 Å². The fraction of sp³-hybridized carbons (Fsp3) is 0.615. The Kier molecular flexibility index (Phi) is 7.33. The van der Waals surface area contributed by atoms with E-state index in [1.54, 1.807) is 12.7 Å². The molecule has 14 heteroatoms. The van der Waals surface area contributed by atoms with E-state index in [9.17, 15) is 0 Å². The molecule has 0 bridgehead atoms. The lowest BCUT2D eigenvalue weighted by atomic mass is 9.91. The second kappa shape index (κ2) is 11.2. The number of anilines is 2. The zero-order valence-electron chi connectivity index (χ0n) is 22.1. The van der Waals surface area contributed by atoms with E-state index in [1.165, 1.54) is 0 Å². The minimum atomic E-state index is -0.0672. The Morgan fingerprint density at radius 2 is 1.07 bits per heavy atom. The number of nitrogens with one attached hydrogen (secondary N) is 2. The van der Waals surface area contributed by atoms with Crippen LogP contribution >= 0.6 is 23.2 Å². The van der Waals surface area contributed by atoms with Crippen LogP contribution in [0.25, 0.3) is 22.3 Å². The van der Waals surface area contributed by atoms with Gasteiger partial charge >= 0.3 is 0 Å². The third-order valence-corrected chi connectivity index (χ3v) is 8.47. The van der Waals surface area contributed by atoms with Crippen molar-refractivity contribution in [1.82, 2.24) is 39.0 Å². The van der Waals surface area contributed by atoms with Gasteiger partial charge < -0.3 is 20.1 Å². The molecular formula is C26H32Cl2N10O2. The largest absolute Gasteiger partial charge is 0.365 e. The predicted octanol–water partition coefficient (Wildman–Crippen LogP) is 5.51. The Morgan fingerprint density at radius 1 is 0.625 bits per heavy atom. The van der Waals surface area contributed by atoms with Crippen LogP contribution in [-0.2, 0) is 9.47 Å². The van der Waals surface area contributed by atoms with Crippen LogP contribution in [0, 0.1) is 0 Å². The molecular weight excluding hydrogens is 555 g/mol. The highest BCUT2D eigenvalue weighted by Crippen LogP contribution is 2.32. The number of aromatic nitrogens is 8. The van der Waals surface area contributed by atoms with E-state index in [4.69, 9.17) is 32.7 Å². The lowest BCUT2D eigenvalue weighted by Crippen LogP contribution is -2.33. The van der Waals surface area contributed by atoms with E-state index < -0.39 is 0 Å². The first kappa shape index (κ1) is 26.1. The number of imidazole rings is 2. The van der Waals surface area contributed by atoms with Gasteiger partial charge in [0.05, 0.1) is 12.7 Å². The van der Waals surface area contributed by atoms with Crippen molar-refractivity contribution in [1.29, 1.82) is 0 Å². The van der Waals surface area contributed by atoms with Gasteiger partial charge in [0.1, 0.15) is 12.5 Å². The molecule has 1 saturated carbocycles. The number of nitrogens with zero attached hydrogens (tertiary/aromatic N) is 8. The molecule has 3 aliphatic rings. The molecule has 212 valence electrons. The zero-order valence-corrected chi connectivity index (χ0v) is 23.6. The van der Waals surface area contributed by atoms with Crippen LogP contribution in [0.3, 0.4) is 0 Å². The summed E-state index contributed by atoms with van der Waals surface area (Å²) >= 11 is 12.7. The van der Waals surface area contributed by atoms with Gasteiger partial charge in [-0.1, -0.05) is 0 Å². The summed E-state index contributed by atoms with van der Waals surface area (Å²) in [6.07, 6.45) is 13.5. The van der Waals surface area contributed by atoms with Crippen molar-refractivity contribution in [2.24, 2.45) is 0 Å². The molecule has 3 fully saturated rings. The molecule has 0 aromatic carbocycles. The summed E-state index contributed by atoms with van der Waals surface area (Å²) in [7, 11) is 0. The Morgan fingerprint density at radius 3 is 1.48 bits per heavy atom. The first-order chi connectivity index (χ1) is 19.6. The van der Waals surface area contributed by atoms with E-state index in [1.807, 2.05) is 9.13 Å². The monoisotopic (exact) mass is 586 g/mol. The Balaban J connectivity index is 1.03. The van der Waals surface area contributed by atoms with Crippen molar-refractivity contribution < 1.29 is 9.47 Å². The van der Waals surface area contributed by atoms with Crippen LogP contribution < -0.4 is 10.6 Å². The number of halogens is 2. The number of ether oxygens (including phenoxy) is 2. The van der Waals surface area contributed by atoms with Crippen molar-refractivity contribution in [3.63, 3.8) is 0 Å².